The summed E-state index contributed by atoms with van der Waals surface area (Å²) in [5.74, 6) is -1.02. The summed E-state index contributed by atoms with van der Waals surface area (Å²) < 4.78 is 0.205. The van der Waals surface area contributed by atoms with Crippen molar-refractivity contribution in [1.29, 1.82) is 0 Å². The smallest absolute Gasteiger partial charge is 0.286 e. The number of non-ortho nitro benzene ring substituents is 1. The van der Waals surface area contributed by atoms with Gasteiger partial charge in [0.2, 0.25) is 0 Å². The average Bonchev–Trinajstić information content (AvgIpc) is 2.90. The molecule has 0 spiro atoms. The first kappa shape index (κ1) is 18.5. The van der Waals surface area contributed by atoms with Gasteiger partial charge in [0.15, 0.2) is 15.8 Å². The molecular weight excluding hydrogens is 390 g/mol. The number of nitro groups is 1. The van der Waals surface area contributed by atoms with Crippen LogP contribution in [0, 0.1) is 10.1 Å². The molecule has 2 aromatic carbocycles. The maximum absolute atomic E-state index is 12.5. The third-order valence-electron chi connectivity index (χ3n) is 3.47. The topological polar surface area (TPSA) is 116 Å². The Balaban J connectivity index is 1.81. The number of hydrogen-bond acceptors (Lipinski definition) is 8. The summed E-state index contributed by atoms with van der Waals surface area (Å²) in [4.78, 5) is 23.1. The molecule has 0 aliphatic carbocycles. The van der Waals surface area contributed by atoms with Crippen LogP contribution in [0.2, 0.25) is 0 Å². The highest BCUT2D eigenvalue weighted by atomic mass is 32.2. The number of hydrazone groups is 1. The molecule has 3 rings (SSSR count). The molecule has 1 saturated heterocycles. The highest BCUT2D eigenvalue weighted by molar-refractivity contribution is 8.26. The van der Waals surface area contributed by atoms with Crippen molar-refractivity contribution in [3.63, 3.8) is 0 Å². The number of thiocarbonyl (C=S) groups is 1. The van der Waals surface area contributed by atoms with E-state index >= 15 is 0 Å². The first-order chi connectivity index (χ1) is 12.8. The van der Waals surface area contributed by atoms with E-state index in [1.165, 1.54) is 48.7 Å². The molecule has 27 heavy (non-hydrogen) atoms. The molecule has 0 unspecified atom stereocenters. The molecule has 8 nitrogen and oxygen atoms in total. The fourth-order valence-corrected chi connectivity index (χ4v) is 3.36. The summed E-state index contributed by atoms with van der Waals surface area (Å²) in [6.07, 6.45) is 2.83. The molecule has 0 aromatic heterocycles. The number of carbonyl (C=O) groups is 1. The van der Waals surface area contributed by atoms with Gasteiger partial charge in [-0.3, -0.25) is 14.9 Å². The lowest BCUT2D eigenvalue weighted by Crippen LogP contribution is -2.22. The number of nitrogens with zero attached hydrogens (tertiary/aromatic N) is 3. The summed E-state index contributed by atoms with van der Waals surface area (Å²) >= 11 is 6.19. The van der Waals surface area contributed by atoms with E-state index < -0.39 is 10.8 Å². The Kier molecular flexibility index (Phi) is 5.19. The quantitative estimate of drug-likeness (QED) is 0.202. The molecule has 0 atom stereocenters. The van der Waals surface area contributed by atoms with Gasteiger partial charge < -0.3 is 10.2 Å². The van der Waals surface area contributed by atoms with Gasteiger partial charge in [-0.15, -0.1) is 0 Å². The first-order valence-electron chi connectivity index (χ1n) is 7.43. The van der Waals surface area contributed by atoms with Crippen molar-refractivity contribution in [2.75, 3.05) is 0 Å². The van der Waals surface area contributed by atoms with Gasteiger partial charge in [0.25, 0.3) is 11.6 Å². The van der Waals surface area contributed by atoms with Crippen LogP contribution < -0.4 is 0 Å². The van der Waals surface area contributed by atoms with Crippen LogP contribution in [-0.2, 0) is 4.79 Å². The fraction of sp³-hybridized carbons (Fsp3) is 0. The van der Waals surface area contributed by atoms with E-state index in [4.69, 9.17) is 12.2 Å². The van der Waals surface area contributed by atoms with Gasteiger partial charge in [-0.1, -0.05) is 30.0 Å². The molecule has 1 heterocycles. The van der Waals surface area contributed by atoms with Crippen molar-refractivity contribution < 1.29 is 19.9 Å². The molecular formula is C17H11N3O5S2. The molecule has 1 fully saturated rings. The van der Waals surface area contributed by atoms with E-state index in [0.29, 0.717) is 16.0 Å². The third-order valence-corrected chi connectivity index (χ3v) is 4.76. The van der Waals surface area contributed by atoms with E-state index in [1.807, 2.05) is 0 Å². The number of carbonyl (C=O) groups excluding carboxylic acids is 1. The number of rotatable bonds is 4. The van der Waals surface area contributed by atoms with Crippen LogP contribution in [0.25, 0.3) is 6.08 Å². The number of phenols is 2. The van der Waals surface area contributed by atoms with Crippen LogP contribution in [0.1, 0.15) is 11.1 Å². The summed E-state index contributed by atoms with van der Waals surface area (Å²) in [6.45, 7) is 0. The van der Waals surface area contributed by atoms with Gasteiger partial charge in [-0.25, -0.2) is 0 Å². The number of phenolic OH excluding ortho intramolecular Hbond substituents is 2. The van der Waals surface area contributed by atoms with Crippen molar-refractivity contribution in [1.82, 2.24) is 5.01 Å². The minimum absolute atomic E-state index is 0.0867. The van der Waals surface area contributed by atoms with Crippen LogP contribution >= 0.6 is 24.0 Å². The molecule has 0 bridgehead atoms. The van der Waals surface area contributed by atoms with Crippen LogP contribution in [0.4, 0.5) is 5.69 Å². The van der Waals surface area contributed by atoms with E-state index in [9.17, 15) is 25.1 Å². The zero-order valence-electron chi connectivity index (χ0n) is 13.5. The zero-order valence-corrected chi connectivity index (χ0v) is 15.1. The monoisotopic (exact) mass is 401 g/mol. The number of amides is 1. The number of nitro benzene ring substituents is 1. The van der Waals surface area contributed by atoms with E-state index in [-0.39, 0.29) is 21.5 Å². The molecule has 1 aliphatic rings. The van der Waals surface area contributed by atoms with Crippen molar-refractivity contribution in [3.8, 4) is 11.5 Å². The molecule has 2 aromatic rings. The van der Waals surface area contributed by atoms with Crippen molar-refractivity contribution in [2.45, 2.75) is 0 Å². The highest BCUT2D eigenvalue weighted by Crippen LogP contribution is 2.34. The minimum atomic E-state index is -0.521. The number of aromatic hydroxyl groups is 2. The molecule has 0 saturated carbocycles. The SMILES string of the molecule is O=C1/C(=C\c2ccc(O)c(O)c2)SC(=S)N1/N=C/c1cccc([N+](=O)[O-])c1. The first-order valence-corrected chi connectivity index (χ1v) is 8.66. The Hall–Kier alpha value is -3.24. The zero-order chi connectivity index (χ0) is 19.6. The number of hydrogen-bond donors (Lipinski definition) is 2. The average molecular weight is 401 g/mol. The standard InChI is InChI=1S/C17H11N3O5S2/c21-13-5-4-10(7-14(13)22)8-15-16(23)19(17(26)27-15)18-9-11-2-1-3-12(6-11)20(24)25/h1-9,21-22H/b15-8+,18-9+. The summed E-state index contributed by atoms with van der Waals surface area (Å²) in [7, 11) is 0. The second-order valence-electron chi connectivity index (χ2n) is 5.34. The van der Waals surface area contributed by atoms with Crippen molar-refractivity contribution >= 4 is 52.2 Å². The second-order valence-corrected chi connectivity index (χ2v) is 7.01. The Morgan fingerprint density at radius 3 is 2.63 bits per heavy atom. The third kappa shape index (κ3) is 4.13. The predicted octanol–water partition coefficient (Wildman–Crippen LogP) is 3.24. The number of thioether (sulfide) groups is 1. The maximum Gasteiger partial charge on any atom is 0.286 e. The molecule has 2 N–H and O–H groups in total. The predicted molar refractivity (Wildman–Crippen MR) is 105 cm³/mol. The van der Waals surface area contributed by atoms with Gasteiger partial charge >= 0.3 is 0 Å². The van der Waals surface area contributed by atoms with Crippen LogP contribution in [-0.4, -0.2) is 36.6 Å². The van der Waals surface area contributed by atoms with Gasteiger partial charge in [-0.2, -0.15) is 10.1 Å². The molecule has 1 aliphatic heterocycles. The molecule has 0 radical (unpaired) electrons. The van der Waals surface area contributed by atoms with Gasteiger partial charge in [0, 0.05) is 17.7 Å². The Morgan fingerprint density at radius 2 is 1.93 bits per heavy atom. The Morgan fingerprint density at radius 1 is 1.15 bits per heavy atom. The molecule has 1 amide bonds. The molecule has 10 heteroatoms. The normalized spacial score (nSPS) is 15.9. The van der Waals surface area contributed by atoms with Crippen LogP contribution in [0.5, 0.6) is 11.5 Å². The lowest BCUT2D eigenvalue weighted by Gasteiger charge is -2.06. The lowest BCUT2D eigenvalue weighted by atomic mass is 10.2. The van der Waals surface area contributed by atoms with Crippen LogP contribution in [0.15, 0.2) is 52.5 Å². The van der Waals surface area contributed by atoms with Gasteiger partial charge in [-0.05, 0) is 36.0 Å². The highest BCUT2D eigenvalue weighted by Gasteiger charge is 2.32. The largest absolute Gasteiger partial charge is 0.504 e. The Bertz CT molecular complexity index is 1020. The maximum atomic E-state index is 12.5. The van der Waals surface area contributed by atoms with Crippen LogP contribution in [0.3, 0.4) is 0 Å². The summed E-state index contributed by atoms with van der Waals surface area (Å²) in [6, 6.07) is 9.97. The summed E-state index contributed by atoms with van der Waals surface area (Å²) in [5, 5.41) is 34.7. The van der Waals surface area contributed by atoms with E-state index in [1.54, 1.807) is 6.07 Å². The summed E-state index contributed by atoms with van der Waals surface area (Å²) in [5.41, 5.74) is 0.871. The Labute approximate surface area is 162 Å². The second kappa shape index (κ2) is 7.56. The van der Waals surface area contributed by atoms with Gasteiger partial charge in [0.1, 0.15) is 0 Å². The molecule has 136 valence electrons. The van der Waals surface area contributed by atoms with Gasteiger partial charge in [0.05, 0.1) is 16.0 Å². The number of benzene rings is 2. The fourth-order valence-electron chi connectivity index (χ4n) is 2.18. The van der Waals surface area contributed by atoms with Crippen molar-refractivity contribution in [3.05, 3.63) is 68.6 Å². The van der Waals surface area contributed by atoms with Crippen molar-refractivity contribution in [2.24, 2.45) is 5.10 Å². The minimum Gasteiger partial charge on any atom is -0.504 e. The lowest BCUT2D eigenvalue weighted by molar-refractivity contribution is -0.384. The van der Waals surface area contributed by atoms with E-state index in [0.717, 1.165) is 16.8 Å². The van der Waals surface area contributed by atoms with E-state index in [2.05, 4.69) is 5.10 Å².